The molecule has 1 aliphatic rings. The molecule has 1 heterocycles. The second-order valence-corrected chi connectivity index (χ2v) is 9.36. The van der Waals surface area contributed by atoms with Gasteiger partial charge < -0.3 is 10.4 Å². The van der Waals surface area contributed by atoms with Crippen molar-refractivity contribution < 1.29 is 23.9 Å². The maximum absolute atomic E-state index is 13.4. The summed E-state index contributed by atoms with van der Waals surface area (Å²) >= 11 is 1.18. The van der Waals surface area contributed by atoms with Crippen LogP contribution in [0.2, 0.25) is 0 Å². The number of nitrogens with zero attached hydrogens (tertiary/aromatic N) is 2. The average Bonchev–Trinajstić information content (AvgIpc) is 2.87. The summed E-state index contributed by atoms with van der Waals surface area (Å²) in [4.78, 5) is 43.2. The molecule has 0 saturated carbocycles. The Morgan fingerprint density at radius 1 is 1.03 bits per heavy atom. The van der Waals surface area contributed by atoms with Gasteiger partial charge in [0.1, 0.15) is 11.1 Å². The fourth-order valence-electron chi connectivity index (χ4n) is 3.69. The normalized spacial score (nSPS) is 16.7. The van der Waals surface area contributed by atoms with Crippen molar-refractivity contribution in [3.05, 3.63) is 95.8 Å². The van der Waals surface area contributed by atoms with Crippen molar-refractivity contribution >= 4 is 46.1 Å². The molecule has 36 heavy (non-hydrogen) atoms. The van der Waals surface area contributed by atoms with Crippen LogP contribution >= 0.6 is 11.8 Å². The van der Waals surface area contributed by atoms with Gasteiger partial charge >= 0.3 is 5.97 Å². The number of aromatic carboxylic acids is 1. The number of carboxylic acids is 1. The van der Waals surface area contributed by atoms with Crippen LogP contribution in [0.4, 0.5) is 15.8 Å². The third kappa shape index (κ3) is 6.57. The van der Waals surface area contributed by atoms with Gasteiger partial charge in [-0.15, -0.1) is 0 Å². The van der Waals surface area contributed by atoms with Gasteiger partial charge in [-0.2, -0.15) is 0 Å². The van der Waals surface area contributed by atoms with Crippen LogP contribution in [0.3, 0.4) is 0 Å². The fourth-order valence-corrected chi connectivity index (χ4v) is 4.82. The number of anilines is 1. The number of aryl methyl sites for hydroxylation is 1. The van der Waals surface area contributed by atoms with Crippen LogP contribution in [0.1, 0.15) is 28.8 Å². The molecule has 0 spiro atoms. The molecule has 2 amide bonds. The summed E-state index contributed by atoms with van der Waals surface area (Å²) in [6, 6.07) is 21.4. The van der Waals surface area contributed by atoms with Gasteiger partial charge in [0.15, 0.2) is 5.17 Å². The summed E-state index contributed by atoms with van der Waals surface area (Å²) in [5, 5.41) is 11.4. The number of carbonyl (C=O) groups is 3. The number of thioether (sulfide) groups is 1. The number of hydrogen-bond donors (Lipinski definition) is 2. The Kier molecular flexibility index (Phi) is 8.12. The number of amidine groups is 1. The molecule has 0 aromatic heterocycles. The number of carboxylic acid groups (broad SMARTS) is 1. The van der Waals surface area contributed by atoms with E-state index in [1.165, 1.54) is 60.3 Å². The molecule has 1 atom stereocenters. The van der Waals surface area contributed by atoms with E-state index in [1.54, 1.807) is 4.90 Å². The predicted molar refractivity (Wildman–Crippen MR) is 138 cm³/mol. The summed E-state index contributed by atoms with van der Waals surface area (Å²) < 4.78 is 13.4. The van der Waals surface area contributed by atoms with Crippen LogP contribution in [0, 0.1) is 5.82 Å². The third-order valence-electron chi connectivity index (χ3n) is 5.57. The largest absolute Gasteiger partial charge is 0.478 e. The first-order valence-corrected chi connectivity index (χ1v) is 12.3. The zero-order valence-electron chi connectivity index (χ0n) is 19.3. The van der Waals surface area contributed by atoms with Crippen molar-refractivity contribution in [2.24, 2.45) is 4.99 Å². The van der Waals surface area contributed by atoms with Gasteiger partial charge in [0, 0.05) is 18.7 Å². The first-order valence-electron chi connectivity index (χ1n) is 11.4. The number of rotatable bonds is 8. The zero-order valence-corrected chi connectivity index (χ0v) is 20.1. The number of hydrogen-bond acceptors (Lipinski definition) is 5. The van der Waals surface area contributed by atoms with Gasteiger partial charge in [-0.3, -0.25) is 14.5 Å². The Bertz CT molecular complexity index is 1260. The number of carbonyl (C=O) groups excluding carboxylic acids is 2. The Hall–Kier alpha value is -3.98. The van der Waals surface area contributed by atoms with Crippen molar-refractivity contribution in [3.8, 4) is 0 Å². The molecule has 3 aromatic rings. The fraction of sp³-hybridized carbons (Fsp3) is 0.185. The molecule has 3 aromatic carbocycles. The van der Waals surface area contributed by atoms with Gasteiger partial charge in [-0.1, -0.05) is 42.1 Å². The first kappa shape index (κ1) is 25.1. The van der Waals surface area contributed by atoms with E-state index in [-0.39, 0.29) is 23.8 Å². The molecule has 1 fully saturated rings. The SMILES string of the molecule is O=C(O)c1ccc(NC(=O)C2CC(=O)N(CCCc3ccccc3)C(=Nc3ccc(F)cc3)S2)cc1. The number of amides is 2. The molecule has 2 N–H and O–H groups in total. The van der Waals surface area contributed by atoms with Crippen molar-refractivity contribution in [1.29, 1.82) is 0 Å². The van der Waals surface area contributed by atoms with Crippen molar-refractivity contribution in [1.82, 2.24) is 4.90 Å². The molecule has 184 valence electrons. The summed E-state index contributed by atoms with van der Waals surface area (Å²) in [7, 11) is 0. The minimum absolute atomic E-state index is 0.00250. The Morgan fingerprint density at radius 3 is 2.39 bits per heavy atom. The lowest BCUT2D eigenvalue weighted by Crippen LogP contribution is -2.45. The van der Waals surface area contributed by atoms with Gasteiger partial charge in [0.2, 0.25) is 11.8 Å². The highest BCUT2D eigenvalue weighted by atomic mass is 32.2. The maximum Gasteiger partial charge on any atom is 0.335 e. The molecule has 9 heteroatoms. The van der Waals surface area contributed by atoms with E-state index in [4.69, 9.17) is 5.11 Å². The highest BCUT2D eigenvalue weighted by Crippen LogP contribution is 2.30. The molecule has 7 nitrogen and oxygen atoms in total. The number of aliphatic imine (C=N–C) groups is 1. The highest BCUT2D eigenvalue weighted by Gasteiger charge is 2.35. The van der Waals surface area contributed by atoms with E-state index in [9.17, 15) is 18.8 Å². The maximum atomic E-state index is 13.4. The number of nitrogens with one attached hydrogen (secondary N) is 1. The molecule has 0 aliphatic carbocycles. The van der Waals surface area contributed by atoms with Gasteiger partial charge in [0.25, 0.3) is 0 Å². The molecule has 1 aliphatic heterocycles. The Morgan fingerprint density at radius 2 is 1.72 bits per heavy atom. The van der Waals surface area contributed by atoms with Gasteiger partial charge in [-0.05, 0) is 66.9 Å². The minimum Gasteiger partial charge on any atom is -0.478 e. The first-order chi connectivity index (χ1) is 17.4. The molecule has 1 unspecified atom stereocenters. The number of halogens is 1. The van der Waals surface area contributed by atoms with Crippen LogP contribution in [0.15, 0.2) is 83.9 Å². The molecular formula is C27H24FN3O4S. The average molecular weight is 506 g/mol. The standard InChI is InChI=1S/C27H24FN3O4S/c28-20-10-14-22(15-11-20)30-27-31(16-4-7-18-5-2-1-3-6-18)24(32)17-23(36-27)25(33)29-21-12-8-19(9-13-21)26(34)35/h1-3,5-6,8-15,23H,4,7,16-17H2,(H,29,33)(H,34,35). The summed E-state index contributed by atoms with van der Waals surface area (Å²) in [5.41, 5.74) is 2.18. The summed E-state index contributed by atoms with van der Waals surface area (Å²) in [6.45, 7) is 0.436. The predicted octanol–water partition coefficient (Wildman–Crippen LogP) is 5.12. The smallest absolute Gasteiger partial charge is 0.335 e. The summed E-state index contributed by atoms with van der Waals surface area (Å²) in [5.74, 6) is -2.05. The topological polar surface area (TPSA) is 99.1 Å². The lowest BCUT2D eigenvalue weighted by molar-refractivity contribution is -0.129. The van der Waals surface area contributed by atoms with E-state index in [2.05, 4.69) is 10.3 Å². The molecule has 4 rings (SSSR count). The molecule has 0 bridgehead atoms. The van der Waals surface area contributed by atoms with Gasteiger partial charge in [-0.25, -0.2) is 14.2 Å². The quantitative estimate of drug-likeness (QED) is 0.443. The molecule has 0 radical (unpaired) electrons. The Balaban J connectivity index is 1.49. The van der Waals surface area contributed by atoms with Crippen LogP contribution in [0.25, 0.3) is 0 Å². The second kappa shape index (κ2) is 11.6. The van der Waals surface area contributed by atoms with E-state index < -0.39 is 17.0 Å². The lowest BCUT2D eigenvalue weighted by atomic mass is 10.1. The Labute approximate surface area is 212 Å². The van der Waals surface area contributed by atoms with E-state index in [0.29, 0.717) is 29.5 Å². The third-order valence-corrected chi connectivity index (χ3v) is 6.76. The molecule has 1 saturated heterocycles. The van der Waals surface area contributed by atoms with Gasteiger partial charge in [0.05, 0.1) is 11.3 Å². The van der Waals surface area contributed by atoms with E-state index >= 15 is 0 Å². The lowest BCUT2D eigenvalue weighted by Gasteiger charge is -2.32. The minimum atomic E-state index is -1.06. The van der Waals surface area contributed by atoms with Crippen LogP contribution < -0.4 is 5.32 Å². The monoisotopic (exact) mass is 505 g/mol. The van der Waals surface area contributed by atoms with Crippen molar-refractivity contribution in [2.45, 2.75) is 24.5 Å². The van der Waals surface area contributed by atoms with Crippen molar-refractivity contribution in [3.63, 3.8) is 0 Å². The van der Waals surface area contributed by atoms with Crippen LogP contribution in [-0.2, 0) is 16.0 Å². The number of benzene rings is 3. The molecular weight excluding hydrogens is 481 g/mol. The van der Waals surface area contributed by atoms with E-state index in [1.807, 2.05) is 30.3 Å². The highest BCUT2D eigenvalue weighted by molar-refractivity contribution is 8.15. The second-order valence-electron chi connectivity index (χ2n) is 8.19. The van der Waals surface area contributed by atoms with Crippen LogP contribution in [-0.4, -0.2) is 44.8 Å². The van der Waals surface area contributed by atoms with E-state index in [0.717, 1.165) is 12.0 Å². The van der Waals surface area contributed by atoms with Crippen molar-refractivity contribution in [2.75, 3.05) is 11.9 Å². The summed E-state index contributed by atoms with van der Waals surface area (Å²) in [6.07, 6.45) is 1.50. The zero-order chi connectivity index (χ0) is 25.5. The van der Waals surface area contributed by atoms with Crippen LogP contribution in [0.5, 0.6) is 0 Å².